The summed E-state index contributed by atoms with van der Waals surface area (Å²) in [5.41, 5.74) is 19.8. The highest BCUT2D eigenvalue weighted by Gasteiger charge is 2.48. The van der Waals surface area contributed by atoms with Crippen molar-refractivity contribution in [3.63, 3.8) is 0 Å². The van der Waals surface area contributed by atoms with Crippen LogP contribution in [0.2, 0.25) is 0 Å². The minimum absolute atomic E-state index is 0.0309. The Bertz CT molecular complexity index is 1950. The first-order chi connectivity index (χ1) is 27.2. The first kappa shape index (κ1) is 44.2. The Balaban J connectivity index is 1.73. The average Bonchev–Trinajstić information content (AvgIpc) is 3.67. The van der Waals surface area contributed by atoms with Crippen LogP contribution in [0.15, 0.2) is 82.7 Å². The number of hydrogen-bond donors (Lipinski definition) is 4. The van der Waals surface area contributed by atoms with E-state index in [0.29, 0.717) is 46.8 Å². The molecule has 0 spiro atoms. The first-order valence-electron chi connectivity index (χ1n) is 19.1. The fraction of sp³-hybridized carbons (Fsp3) is 0.439. The van der Waals surface area contributed by atoms with Gasteiger partial charge in [0.2, 0.25) is 5.91 Å². The highest BCUT2D eigenvalue weighted by atomic mass is 32.2. The van der Waals surface area contributed by atoms with Crippen molar-refractivity contribution in [3.8, 4) is 0 Å². The number of guanidine groups is 1. The van der Waals surface area contributed by atoms with Crippen molar-refractivity contribution in [2.24, 2.45) is 22.2 Å². The molecular formula is C41H55N7O8S. The molecule has 0 aromatic heterocycles. The van der Waals surface area contributed by atoms with Gasteiger partial charge in [0.15, 0.2) is 5.96 Å². The topological polar surface area (TPSA) is 230 Å². The fourth-order valence-corrected chi connectivity index (χ4v) is 9.06. The summed E-state index contributed by atoms with van der Waals surface area (Å²) < 4.78 is 41.7. The molecule has 3 aromatic carbocycles. The third kappa shape index (κ3) is 12.3. The van der Waals surface area contributed by atoms with Crippen molar-refractivity contribution in [1.82, 2.24) is 14.5 Å². The zero-order chi connectivity index (χ0) is 41.5. The van der Waals surface area contributed by atoms with Crippen LogP contribution in [0.1, 0.15) is 72.8 Å². The number of carbonyl (C=O) groups is 4. The third-order valence-corrected chi connectivity index (χ3v) is 11.7. The van der Waals surface area contributed by atoms with Crippen LogP contribution in [-0.4, -0.2) is 85.2 Å². The standard InChI is InChI=1S/C41H55N7O8S/c1-28-24-29(2)36(30(3)25-28)57(53,54)48(35(19-12-22-45-40(43)44)39(51)55-26-31-14-6-4-7-15-31)38(50)34-20-13-23-47(34)37(49)33(18-10-11-21-42)46-41(52)56-27-32-16-8-5-9-17-32/h4-9,14-17,24-25,33-35H,10-13,18-23,26-27,42H2,1-3H3,(H,46,52)(H4,43,44,45)/t33-,34-,35-/m0/s1. The number of amides is 3. The van der Waals surface area contributed by atoms with Gasteiger partial charge < -0.3 is 36.9 Å². The molecule has 1 aliphatic heterocycles. The summed E-state index contributed by atoms with van der Waals surface area (Å²) in [5, 5.41) is 2.66. The van der Waals surface area contributed by atoms with Gasteiger partial charge in [-0.2, -0.15) is 0 Å². The summed E-state index contributed by atoms with van der Waals surface area (Å²) in [5.74, 6) is -2.71. The van der Waals surface area contributed by atoms with Crippen LogP contribution in [0, 0.1) is 20.8 Å². The number of nitrogens with zero attached hydrogens (tertiary/aromatic N) is 3. The van der Waals surface area contributed by atoms with Crippen molar-refractivity contribution in [2.45, 2.75) is 102 Å². The van der Waals surface area contributed by atoms with Crippen LogP contribution in [0.5, 0.6) is 0 Å². The SMILES string of the molecule is Cc1cc(C)c(S(=O)(=O)N(C(=O)[C@@H]2CCCN2C(=O)[C@H](CCCCN)NC(=O)OCc2ccccc2)[C@@H](CCCN=C(N)N)C(=O)OCc2ccccc2)c(C)c1. The number of hydrogen-bond acceptors (Lipinski definition) is 10. The molecule has 3 amide bonds. The van der Waals surface area contributed by atoms with Gasteiger partial charge in [0.1, 0.15) is 31.3 Å². The van der Waals surface area contributed by atoms with E-state index in [1.54, 1.807) is 68.4 Å². The Kier molecular flexibility index (Phi) is 16.4. The number of unbranched alkanes of at least 4 members (excludes halogenated alkanes) is 1. The average molecular weight is 806 g/mol. The molecule has 4 rings (SSSR count). The van der Waals surface area contributed by atoms with E-state index < -0.39 is 52.0 Å². The van der Waals surface area contributed by atoms with Crippen molar-refractivity contribution in [3.05, 3.63) is 101 Å². The minimum Gasteiger partial charge on any atom is -0.459 e. The van der Waals surface area contributed by atoms with Crippen LogP contribution in [0.4, 0.5) is 4.79 Å². The summed E-state index contributed by atoms with van der Waals surface area (Å²) in [6.45, 7) is 5.36. The van der Waals surface area contributed by atoms with Gasteiger partial charge in [-0.15, -0.1) is 0 Å². The van der Waals surface area contributed by atoms with E-state index in [4.69, 9.17) is 26.7 Å². The summed E-state index contributed by atoms with van der Waals surface area (Å²) in [6.07, 6.45) is 0.809. The number of aryl methyl sites for hydroxylation is 3. The second kappa shape index (κ2) is 21.2. The van der Waals surface area contributed by atoms with Crippen molar-refractivity contribution in [1.29, 1.82) is 0 Å². The van der Waals surface area contributed by atoms with Crippen molar-refractivity contribution in [2.75, 3.05) is 19.6 Å². The van der Waals surface area contributed by atoms with Crippen LogP contribution in [0.25, 0.3) is 0 Å². The molecule has 16 heteroatoms. The van der Waals surface area contributed by atoms with Crippen LogP contribution >= 0.6 is 0 Å². The molecule has 1 fully saturated rings. The summed E-state index contributed by atoms with van der Waals surface area (Å²) in [6, 6.07) is 17.2. The van der Waals surface area contributed by atoms with Gasteiger partial charge in [0.05, 0.1) is 4.90 Å². The summed E-state index contributed by atoms with van der Waals surface area (Å²) in [4.78, 5) is 61.7. The number of nitrogens with two attached hydrogens (primary N) is 3. The number of carbonyl (C=O) groups excluding carboxylic acids is 4. The molecule has 57 heavy (non-hydrogen) atoms. The fourth-order valence-electron chi connectivity index (χ4n) is 7.05. The van der Waals surface area contributed by atoms with E-state index in [1.807, 2.05) is 25.1 Å². The molecule has 1 saturated heterocycles. The Morgan fingerprint density at radius 1 is 0.877 bits per heavy atom. The molecule has 0 radical (unpaired) electrons. The number of aliphatic imine (C=N–C) groups is 1. The van der Waals surface area contributed by atoms with Gasteiger partial charge in [0, 0.05) is 13.1 Å². The lowest BCUT2D eigenvalue weighted by Crippen LogP contribution is -2.58. The predicted molar refractivity (Wildman–Crippen MR) is 216 cm³/mol. The Hall–Kier alpha value is -5.48. The quantitative estimate of drug-likeness (QED) is 0.0591. The highest BCUT2D eigenvalue weighted by Crippen LogP contribution is 2.32. The largest absolute Gasteiger partial charge is 0.459 e. The highest BCUT2D eigenvalue weighted by molar-refractivity contribution is 7.89. The number of sulfonamides is 1. The lowest BCUT2D eigenvalue weighted by Gasteiger charge is -2.35. The molecule has 3 aromatic rings. The monoisotopic (exact) mass is 805 g/mol. The second-order valence-corrected chi connectivity index (χ2v) is 15.9. The van der Waals surface area contributed by atoms with E-state index in [1.165, 1.54) is 4.90 Å². The number of ether oxygens (including phenoxy) is 2. The molecule has 0 saturated carbocycles. The molecular weight excluding hydrogens is 751 g/mol. The van der Waals surface area contributed by atoms with Crippen molar-refractivity contribution < 1.29 is 37.1 Å². The Morgan fingerprint density at radius 3 is 2.05 bits per heavy atom. The van der Waals surface area contributed by atoms with E-state index in [-0.39, 0.29) is 62.8 Å². The normalized spacial score (nSPS) is 14.9. The molecule has 0 unspecified atom stereocenters. The first-order valence-corrected chi connectivity index (χ1v) is 20.6. The minimum atomic E-state index is -4.78. The molecule has 3 atom stereocenters. The van der Waals surface area contributed by atoms with E-state index >= 15 is 13.2 Å². The number of nitrogens with one attached hydrogen (secondary N) is 1. The smallest absolute Gasteiger partial charge is 0.408 e. The number of esters is 1. The van der Waals surface area contributed by atoms with Gasteiger partial charge in [-0.1, -0.05) is 78.4 Å². The number of benzene rings is 3. The van der Waals surface area contributed by atoms with Crippen molar-refractivity contribution >= 4 is 39.9 Å². The molecule has 7 N–H and O–H groups in total. The van der Waals surface area contributed by atoms with Crippen LogP contribution in [0.3, 0.4) is 0 Å². The second-order valence-electron chi connectivity index (χ2n) is 14.2. The zero-order valence-electron chi connectivity index (χ0n) is 32.9. The maximum atomic E-state index is 15.0. The van der Waals surface area contributed by atoms with Crippen LogP contribution in [-0.2, 0) is 47.1 Å². The lowest BCUT2D eigenvalue weighted by molar-refractivity contribution is -0.154. The van der Waals surface area contributed by atoms with E-state index in [2.05, 4.69) is 10.3 Å². The van der Waals surface area contributed by atoms with Gasteiger partial charge in [0.25, 0.3) is 15.9 Å². The molecule has 0 bridgehead atoms. The number of rotatable bonds is 19. The van der Waals surface area contributed by atoms with Gasteiger partial charge in [-0.25, -0.2) is 22.3 Å². The molecule has 1 heterocycles. The van der Waals surface area contributed by atoms with E-state index in [9.17, 15) is 14.4 Å². The number of likely N-dealkylation sites (tertiary alicyclic amines) is 1. The lowest BCUT2D eigenvalue weighted by atomic mass is 10.1. The zero-order valence-corrected chi connectivity index (χ0v) is 33.7. The molecule has 1 aliphatic rings. The molecule has 0 aliphatic carbocycles. The molecule has 15 nitrogen and oxygen atoms in total. The number of alkyl carbamates (subject to hydrolysis) is 1. The maximum absolute atomic E-state index is 15.0. The molecule has 308 valence electrons. The summed E-state index contributed by atoms with van der Waals surface area (Å²) in [7, 11) is -4.78. The predicted octanol–water partition coefficient (Wildman–Crippen LogP) is 3.71. The third-order valence-electron chi connectivity index (χ3n) is 9.62. The van der Waals surface area contributed by atoms with E-state index in [0.717, 1.165) is 11.1 Å². The van der Waals surface area contributed by atoms with Gasteiger partial charge in [-0.05, 0) is 94.5 Å². The van der Waals surface area contributed by atoms with Gasteiger partial charge in [-0.3, -0.25) is 14.6 Å². The summed E-state index contributed by atoms with van der Waals surface area (Å²) >= 11 is 0. The van der Waals surface area contributed by atoms with Crippen LogP contribution < -0.4 is 22.5 Å². The van der Waals surface area contributed by atoms with Gasteiger partial charge >= 0.3 is 12.1 Å². The Labute approximate surface area is 335 Å². The maximum Gasteiger partial charge on any atom is 0.408 e. The Morgan fingerprint density at radius 2 is 1.47 bits per heavy atom.